The molecule has 2 aromatic rings. The maximum atomic E-state index is 9.75. The summed E-state index contributed by atoms with van der Waals surface area (Å²) in [6.45, 7) is 5.30. The second-order valence-corrected chi connectivity index (χ2v) is 7.76. The van der Waals surface area contributed by atoms with Crippen LogP contribution in [0, 0.1) is 0 Å². The third kappa shape index (κ3) is 4.32. The predicted molar refractivity (Wildman–Crippen MR) is 101 cm³/mol. The molecule has 1 saturated heterocycles. The molecule has 1 unspecified atom stereocenters. The van der Waals surface area contributed by atoms with Gasteiger partial charge in [0.2, 0.25) is 0 Å². The lowest BCUT2D eigenvalue weighted by Gasteiger charge is -2.30. The number of rotatable bonds is 6. The smallest absolute Gasteiger partial charge is 0.0549 e. The molecule has 0 aromatic carbocycles. The van der Waals surface area contributed by atoms with E-state index >= 15 is 0 Å². The fourth-order valence-corrected chi connectivity index (χ4v) is 4.51. The Balaban J connectivity index is 1.71. The van der Waals surface area contributed by atoms with Gasteiger partial charge in [0.25, 0.3) is 0 Å². The van der Waals surface area contributed by atoms with Gasteiger partial charge in [-0.15, -0.1) is 0 Å². The zero-order valence-electron chi connectivity index (χ0n) is 13.7. The largest absolute Gasteiger partial charge is 0.393 e. The number of likely N-dealkylation sites (tertiary alicyclic amines) is 1. The Hall–Kier alpha value is -0.940. The third-order valence-corrected chi connectivity index (χ3v) is 6.05. The van der Waals surface area contributed by atoms with Gasteiger partial charge < -0.3 is 10.0 Å². The van der Waals surface area contributed by atoms with Gasteiger partial charge in [0.15, 0.2) is 0 Å². The number of hydrogen-bond acceptors (Lipinski definition) is 4. The molecule has 3 heterocycles. The van der Waals surface area contributed by atoms with Crippen molar-refractivity contribution in [2.45, 2.75) is 38.7 Å². The molecule has 0 amide bonds. The Morgan fingerprint density at radius 2 is 1.74 bits per heavy atom. The Morgan fingerprint density at radius 3 is 2.22 bits per heavy atom. The molecule has 0 bridgehead atoms. The summed E-state index contributed by atoms with van der Waals surface area (Å²) in [6, 6.07) is 4.49. The molecule has 0 spiro atoms. The Bertz CT molecular complexity index is 570. The minimum absolute atomic E-state index is 0.140. The first-order valence-electron chi connectivity index (χ1n) is 8.45. The van der Waals surface area contributed by atoms with E-state index in [-0.39, 0.29) is 6.10 Å². The van der Waals surface area contributed by atoms with Crippen LogP contribution in [-0.2, 0) is 0 Å². The van der Waals surface area contributed by atoms with Crippen molar-refractivity contribution in [2.75, 3.05) is 19.6 Å². The fourth-order valence-electron chi connectivity index (χ4n) is 3.22. The van der Waals surface area contributed by atoms with E-state index < -0.39 is 0 Å². The van der Waals surface area contributed by atoms with Crippen molar-refractivity contribution in [3.63, 3.8) is 0 Å². The molecule has 1 aliphatic heterocycles. The molecule has 124 valence electrons. The number of aliphatic hydroxyl groups is 1. The Morgan fingerprint density at radius 1 is 1.13 bits per heavy atom. The molecular formula is C19H25NOS2. The Kier molecular flexibility index (Phi) is 6.06. The summed E-state index contributed by atoms with van der Waals surface area (Å²) in [7, 11) is 0. The topological polar surface area (TPSA) is 23.5 Å². The lowest BCUT2D eigenvalue weighted by atomic mass is 9.91. The minimum Gasteiger partial charge on any atom is -0.393 e. The van der Waals surface area contributed by atoms with Gasteiger partial charge in [0.05, 0.1) is 6.10 Å². The molecule has 0 saturated carbocycles. The van der Waals surface area contributed by atoms with E-state index in [1.54, 1.807) is 28.2 Å². The summed E-state index contributed by atoms with van der Waals surface area (Å²) in [6.07, 6.45) is 3.91. The van der Waals surface area contributed by atoms with E-state index in [1.165, 1.54) is 16.7 Å². The first-order valence-corrected chi connectivity index (χ1v) is 10.3. The molecular weight excluding hydrogens is 322 g/mol. The van der Waals surface area contributed by atoms with Gasteiger partial charge in [-0.2, -0.15) is 22.7 Å². The molecule has 1 atom stereocenters. The SMILES string of the molecule is CCC(O)CCN1CCC(=C(c2ccsc2)c2ccsc2)CC1. The number of hydrogen-bond donors (Lipinski definition) is 1. The van der Waals surface area contributed by atoms with Crippen LogP contribution in [0.2, 0.25) is 0 Å². The van der Waals surface area contributed by atoms with Crippen LogP contribution < -0.4 is 0 Å². The van der Waals surface area contributed by atoms with Crippen LogP contribution in [0.25, 0.3) is 5.57 Å². The van der Waals surface area contributed by atoms with Crippen molar-refractivity contribution in [3.8, 4) is 0 Å². The highest BCUT2D eigenvalue weighted by Gasteiger charge is 2.19. The molecule has 1 fully saturated rings. The van der Waals surface area contributed by atoms with Gasteiger partial charge in [-0.1, -0.05) is 12.5 Å². The lowest BCUT2D eigenvalue weighted by molar-refractivity contribution is 0.134. The van der Waals surface area contributed by atoms with Crippen LogP contribution in [0.1, 0.15) is 43.7 Å². The highest BCUT2D eigenvalue weighted by molar-refractivity contribution is 7.08. The second-order valence-electron chi connectivity index (χ2n) is 6.19. The number of thiophene rings is 2. The molecule has 2 nitrogen and oxygen atoms in total. The maximum absolute atomic E-state index is 9.75. The van der Waals surface area contributed by atoms with Crippen molar-refractivity contribution in [2.24, 2.45) is 0 Å². The average molecular weight is 348 g/mol. The first-order chi connectivity index (χ1) is 11.3. The number of piperidine rings is 1. The van der Waals surface area contributed by atoms with Crippen molar-refractivity contribution in [1.82, 2.24) is 4.90 Å². The predicted octanol–water partition coefficient (Wildman–Crippen LogP) is 4.87. The summed E-state index contributed by atoms with van der Waals surface area (Å²) in [5, 5.41) is 18.6. The van der Waals surface area contributed by atoms with Crippen LogP contribution >= 0.6 is 22.7 Å². The van der Waals surface area contributed by atoms with Crippen LogP contribution in [0.3, 0.4) is 0 Å². The van der Waals surface area contributed by atoms with Crippen molar-refractivity contribution < 1.29 is 5.11 Å². The molecule has 1 N–H and O–H groups in total. The first kappa shape index (κ1) is 16.9. The minimum atomic E-state index is -0.140. The van der Waals surface area contributed by atoms with E-state index in [0.717, 1.165) is 45.3 Å². The summed E-state index contributed by atoms with van der Waals surface area (Å²) < 4.78 is 0. The lowest BCUT2D eigenvalue weighted by Crippen LogP contribution is -2.33. The van der Waals surface area contributed by atoms with Crippen molar-refractivity contribution in [3.05, 3.63) is 50.4 Å². The second kappa shape index (κ2) is 8.25. The highest BCUT2D eigenvalue weighted by atomic mass is 32.1. The average Bonchev–Trinajstić information content (AvgIpc) is 3.28. The van der Waals surface area contributed by atoms with Crippen LogP contribution in [0.4, 0.5) is 0 Å². The molecule has 23 heavy (non-hydrogen) atoms. The summed E-state index contributed by atoms with van der Waals surface area (Å²) in [5.74, 6) is 0. The summed E-state index contributed by atoms with van der Waals surface area (Å²) >= 11 is 3.55. The molecule has 0 aliphatic carbocycles. The molecule has 1 aliphatic rings. The van der Waals surface area contributed by atoms with Crippen LogP contribution in [0.15, 0.2) is 39.2 Å². The molecule has 2 aromatic heterocycles. The van der Waals surface area contributed by atoms with Gasteiger partial charge >= 0.3 is 0 Å². The van der Waals surface area contributed by atoms with Crippen LogP contribution in [-0.4, -0.2) is 35.7 Å². The standard InChI is InChI=1S/C19H25NOS2/c1-2-18(21)5-10-20-8-3-15(4-9-20)19(16-6-11-22-13-16)17-7-12-23-14-17/h6-7,11-14,18,21H,2-5,8-10H2,1H3. The maximum Gasteiger partial charge on any atom is 0.0549 e. The fraction of sp³-hybridized carbons (Fsp3) is 0.474. The Labute approximate surface area is 147 Å². The van der Waals surface area contributed by atoms with Gasteiger partial charge in [-0.25, -0.2) is 0 Å². The zero-order chi connectivity index (χ0) is 16.1. The van der Waals surface area contributed by atoms with Crippen LogP contribution in [0.5, 0.6) is 0 Å². The van der Waals surface area contributed by atoms with Crippen molar-refractivity contribution >= 4 is 28.2 Å². The van der Waals surface area contributed by atoms with Gasteiger partial charge in [-0.3, -0.25) is 0 Å². The summed E-state index contributed by atoms with van der Waals surface area (Å²) in [4.78, 5) is 2.50. The monoisotopic (exact) mass is 347 g/mol. The quantitative estimate of drug-likeness (QED) is 0.806. The van der Waals surface area contributed by atoms with E-state index in [0.29, 0.717) is 0 Å². The summed E-state index contributed by atoms with van der Waals surface area (Å²) in [5.41, 5.74) is 5.80. The van der Waals surface area contributed by atoms with Gasteiger partial charge in [0.1, 0.15) is 0 Å². The number of nitrogens with zero attached hydrogens (tertiary/aromatic N) is 1. The van der Waals surface area contributed by atoms with E-state index in [1.807, 2.05) is 0 Å². The molecule has 4 heteroatoms. The molecule has 0 radical (unpaired) electrons. The van der Waals surface area contributed by atoms with Crippen molar-refractivity contribution in [1.29, 1.82) is 0 Å². The van der Waals surface area contributed by atoms with E-state index in [9.17, 15) is 5.11 Å². The highest BCUT2D eigenvalue weighted by Crippen LogP contribution is 2.34. The normalized spacial score (nSPS) is 17.4. The number of aliphatic hydroxyl groups excluding tert-OH is 1. The third-order valence-electron chi connectivity index (χ3n) is 4.68. The van der Waals surface area contributed by atoms with E-state index in [2.05, 4.69) is 45.5 Å². The zero-order valence-corrected chi connectivity index (χ0v) is 15.3. The van der Waals surface area contributed by atoms with Gasteiger partial charge in [-0.05, 0) is 76.0 Å². The molecule has 3 rings (SSSR count). The van der Waals surface area contributed by atoms with E-state index in [4.69, 9.17) is 0 Å². The van der Waals surface area contributed by atoms with Gasteiger partial charge in [0, 0.05) is 19.6 Å².